The molecule has 0 radical (unpaired) electrons. The van der Waals surface area contributed by atoms with Crippen molar-refractivity contribution in [3.8, 4) is 28.4 Å². The predicted molar refractivity (Wildman–Crippen MR) is 141 cm³/mol. The van der Waals surface area contributed by atoms with Crippen LogP contribution in [0.4, 0.5) is 0 Å². The molecule has 9 nitrogen and oxygen atoms in total. The lowest BCUT2D eigenvalue weighted by Gasteiger charge is -2.20. The summed E-state index contributed by atoms with van der Waals surface area (Å²) in [6, 6.07) is 6.49. The van der Waals surface area contributed by atoms with Crippen LogP contribution in [-0.2, 0) is 25.5 Å². The molecule has 1 aliphatic rings. The third kappa shape index (κ3) is 6.63. The highest BCUT2D eigenvalue weighted by Crippen LogP contribution is 2.50. The first-order valence-corrected chi connectivity index (χ1v) is 13.3. The van der Waals surface area contributed by atoms with E-state index in [1.54, 1.807) is 25.1 Å². The van der Waals surface area contributed by atoms with Crippen molar-refractivity contribution in [2.75, 3.05) is 46.9 Å². The smallest absolute Gasteiger partial charge is 0.337 e. The molecule has 0 aromatic heterocycles. The van der Waals surface area contributed by atoms with Gasteiger partial charge < -0.3 is 29.0 Å². The standard InChI is InChI=1S/C27H33NO8S/c1-6-34-14-23(30)28-19-10-8-16-12-21(36-24(31)15-35-7-2)26(32-3)27(33-4)25(16)17-9-11-22(37-5)20(29)13-18(17)19/h9,11-13,19H,6-8,10,14-15H2,1-5H3,(H,28,30)/t19-/m1/s1. The molecule has 1 atom stereocenters. The Hall–Kier alpha value is -3.08. The molecule has 0 spiro atoms. The van der Waals surface area contributed by atoms with Gasteiger partial charge in [0.1, 0.15) is 13.2 Å². The van der Waals surface area contributed by atoms with Gasteiger partial charge in [-0.25, -0.2) is 4.79 Å². The Morgan fingerprint density at radius 3 is 2.38 bits per heavy atom. The number of methoxy groups -OCH3 is 2. The average molecular weight is 532 g/mol. The Kier molecular flexibility index (Phi) is 10.4. The van der Waals surface area contributed by atoms with Gasteiger partial charge in [0, 0.05) is 18.8 Å². The highest BCUT2D eigenvalue weighted by atomic mass is 32.2. The second-order valence-electron chi connectivity index (χ2n) is 8.16. The second-order valence-corrected chi connectivity index (χ2v) is 9.01. The van der Waals surface area contributed by atoms with E-state index in [1.165, 1.54) is 26.0 Å². The Morgan fingerprint density at radius 2 is 1.73 bits per heavy atom. The summed E-state index contributed by atoms with van der Waals surface area (Å²) in [6.07, 6.45) is 2.84. The van der Waals surface area contributed by atoms with E-state index in [2.05, 4.69) is 5.32 Å². The van der Waals surface area contributed by atoms with Crippen LogP contribution in [0.15, 0.2) is 34.0 Å². The van der Waals surface area contributed by atoms with Crippen LogP contribution in [-0.4, -0.2) is 58.8 Å². The van der Waals surface area contributed by atoms with E-state index in [-0.39, 0.29) is 36.0 Å². The van der Waals surface area contributed by atoms with E-state index in [1.807, 2.05) is 19.2 Å². The molecule has 0 fully saturated rings. The van der Waals surface area contributed by atoms with Crippen molar-refractivity contribution in [1.82, 2.24) is 5.32 Å². The summed E-state index contributed by atoms with van der Waals surface area (Å²) in [6.45, 7) is 4.12. The summed E-state index contributed by atoms with van der Waals surface area (Å²) >= 11 is 1.35. The number of carbonyl (C=O) groups excluding carboxylic acids is 2. The lowest BCUT2D eigenvalue weighted by atomic mass is 9.95. The van der Waals surface area contributed by atoms with Crippen molar-refractivity contribution in [2.45, 2.75) is 37.6 Å². The molecule has 3 rings (SSSR count). The maximum Gasteiger partial charge on any atom is 0.337 e. The number of hydrogen-bond donors (Lipinski definition) is 1. The summed E-state index contributed by atoms with van der Waals surface area (Å²) in [5.74, 6) is -0.0223. The first-order valence-electron chi connectivity index (χ1n) is 12.0. The van der Waals surface area contributed by atoms with Gasteiger partial charge in [0.15, 0.2) is 16.9 Å². The predicted octanol–water partition coefficient (Wildman–Crippen LogP) is 3.53. The molecule has 2 aromatic carbocycles. The lowest BCUT2D eigenvalue weighted by Crippen LogP contribution is -2.32. The van der Waals surface area contributed by atoms with Crippen molar-refractivity contribution in [3.05, 3.63) is 45.6 Å². The Bertz CT molecular complexity index is 1200. The fourth-order valence-electron chi connectivity index (χ4n) is 4.31. The van der Waals surface area contributed by atoms with E-state index >= 15 is 0 Å². The molecule has 1 amide bonds. The zero-order chi connectivity index (χ0) is 26.9. The minimum Gasteiger partial charge on any atom is -0.492 e. The maximum atomic E-state index is 13.0. The lowest BCUT2D eigenvalue weighted by molar-refractivity contribution is -0.139. The summed E-state index contributed by atoms with van der Waals surface area (Å²) in [5, 5.41) is 3.02. The van der Waals surface area contributed by atoms with Gasteiger partial charge in [-0.3, -0.25) is 9.59 Å². The number of hydrogen-bond acceptors (Lipinski definition) is 9. The van der Waals surface area contributed by atoms with Crippen molar-refractivity contribution < 1.29 is 33.3 Å². The van der Waals surface area contributed by atoms with Crippen molar-refractivity contribution in [1.29, 1.82) is 0 Å². The van der Waals surface area contributed by atoms with Crippen LogP contribution in [0.3, 0.4) is 0 Å². The van der Waals surface area contributed by atoms with E-state index in [4.69, 9.17) is 23.7 Å². The number of fused-ring (bicyclic) bond motifs is 3. The van der Waals surface area contributed by atoms with Gasteiger partial charge in [0.2, 0.25) is 11.7 Å². The van der Waals surface area contributed by atoms with Crippen molar-refractivity contribution in [2.24, 2.45) is 0 Å². The Morgan fingerprint density at radius 1 is 1.03 bits per heavy atom. The fraction of sp³-hybridized carbons (Fsp3) is 0.444. The van der Waals surface area contributed by atoms with Gasteiger partial charge in [-0.15, -0.1) is 11.8 Å². The summed E-state index contributed by atoms with van der Waals surface area (Å²) < 4.78 is 27.4. The molecule has 0 saturated carbocycles. The summed E-state index contributed by atoms with van der Waals surface area (Å²) in [7, 11) is 2.97. The first-order chi connectivity index (χ1) is 17.9. The molecule has 0 unspecified atom stereocenters. The number of esters is 1. The molecule has 1 N–H and O–H groups in total. The number of nitrogens with one attached hydrogen (secondary N) is 1. The summed E-state index contributed by atoms with van der Waals surface area (Å²) in [5.41, 5.74) is 2.77. The van der Waals surface area contributed by atoms with E-state index in [9.17, 15) is 14.4 Å². The van der Waals surface area contributed by atoms with E-state index < -0.39 is 12.0 Å². The average Bonchev–Trinajstić information content (AvgIpc) is 3.13. The van der Waals surface area contributed by atoms with Crippen LogP contribution in [0.2, 0.25) is 0 Å². The van der Waals surface area contributed by atoms with E-state index in [0.29, 0.717) is 53.4 Å². The molecular weight excluding hydrogens is 498 g/mol. The van der Waals surface area contributed by atoms with Gasteiger partial charge in [0.05, 0.1) is 25.2 Å². The number of carbonyl (C=O) groups is 2. The molecule has 37 heavy (non-hydrogen) atoms. The summed E-state index contributed by atoms with van der Waals surface area (Å²) in [4.78, 5) is 38.5. The van der Waals surface area contributed by atoms with Gasteiger partial charge in [0.25, 0.3) is 0 Å². The number of benzene rings is 1. The first kappa shape index (κ1) is 28.5. The highest BCUT2D eigenvalue weighted by Gasteiger charge is 2.30. The van der Waals surface area contributed by atoms with Gasteiger partial charge in [-0.2, -0.15) is 0 Å². The van der Waals surface area contributed by atoms with Crippen molar-refractivity contribution in [3.63, 3.8) is 0 Å². The van der Waals surface area contributed by atoms with Crippen LogP contribution in [0.1, 0.15) is 37.4 Å². The number of ether oxygens (including phenoxy) is 5. The minimum absolute atomic E-state index is 0.0778. The van der Waals surface area contributed by atoms with E-state index in [0.717, 1.165) is 5.56 Å². The largest absolute Gasteiger partial charge is 0.492 e. The Labute approximate surface area is 220 Å². The normalized spacial score (nSPS) is 14.1. The van der Waals surface area contributed by atoms with Gasteiger partial charge in [-0.05, 0) is 67.8 Å². The topological polar surface area (TPSA) is 109 Å². The van der Waals surface area contributed by atoms with Crippen LogP contribution in [0.5, 0.6) is 17.2 Å². The number of thioether (sulfide) groups is 1. The zero-order valence-electron chi connectivity index (χ0n) is 21.8. The van der Waals surface area contributed by atoms with Gasteiger partial charge in [-0.1, -0.05) is 6.07 Å². The van der Waals surface area contributed by atoms with Gasteiger partial charge >= 0.3 is 5.97 Å². The zero-order valence-corrected chi connectivity index (χ0v) is 22.6. The number of aryl methyl sites for hydroxylation is 1. The quantitative estimate of drug-likeness (QED) is 0.265. The molecular formula is C27H33NO8S. The van der Waals surface area contributed by atoms with Crippen LogP contribution >= 0.6 is 11.8 Å². The number of rotatable bonds is 11. The fourth-order valence-corrected chi connectivity index (χ4v) is 4.77. The Balaban J connectivity index is 2.22. The molecule has 10 heteroatoms. The highest BCUT2D eigenvalue weighted by molar-refractivity contribution is 7.98. The molecule has 200 valence electrons. The third-order valence-electron chi connectivity index (χ3n) is 5.92. The van der Waals surface area contributed by atoms with Crippen LogP contribution < -0.4 is 25.0 Å². The molecule has 0 heterocycles. The molecule has 0 bridgehead atoms. The molecule has 2 aromatic rings. The van der Waals surface area contributed by atoms with Crippen molar-refractivity contribution >= 4 is 23.6 Å². The monoisotopic (exact) mass is 531 g/mol. The number of amides is 1. The maximum absolute atomic E-state index is 13.0. The molecule has 0 saturated heterocycles. The molecule has 1 aliphatic carbocycles. The molecule has 0 aliphatic heterocycles. The minimum atomic E-state index is -0.566. The van der Waals surface area contributed by atoms with Crippen LogP contribution in [0, 0.1) is 0 Å². The second kappa shape index (κ2) is 13.5. The van der Waals surface area contributed by atoms with Crippen LogP contribution in [0.25, 0.3) is 11.1 Å². The SMILES string of the molecule is CCOCC(=O)N[C@@H]1CCc2cc(OC(=O)COCC)c(OC)c(OC)c2-c2ccc(SC)c(=O)cc21. The third-order valence-corrected chi connectivity index (χ3v) is 6.70.